The number of hydrogen-bond donors (Lipinski definition) is 0. The maximum absolute atomic E-state index is 12.1. The molecule has 0 aliphatic heterocycles. The molecular weight excluding hydrogens is 310 g/mol. The van der Waals surface area contributed by atoms with Crippen molar-refractivity contribution >= 4 is 16.1 Å². The highest BCUT2D eigenvalue weighted by Gasteiger charge is 2.23. The molecule has 11 heteroatoms. The van der Waals surface area contributed by atoms with Crippen LogP contribution in [0.1, 0.15) is 0 Å². The number of carbonyl (C=O) groups excluding carboxylic acids is 1. The van der Waals surface area contributed by atoms with Crippen LogP contribution in [0, 0.1) is 0 Å². The smallest absolute Gasteiger partial charge is 0.387 e. The molecule has 0 spiro atoms. The van der Waals surface area contributed by atoms with Crippen LogP contribution in [0.5, 0.6) is 11.5 Å². The summed E-state index contributed by atoms with van der Waals surface area (Å²) in [5.41, 5.74) is 0. The highest BCUT2D eigenvalue weighted by Crippen LogP contribution is 2.31. The molecule has 0 bridgehead atoms. The fraction of sp³-hybridized carbons (Fsp3) is 0.222. The van der Waals surface area contributed by atoms with E-state index in [1.807, 2.05) is 0 Å². The number of alkyl halides is 4. The minimum Gasteiger partial charge on any atom is -0.435 e. The molecule has 0 N–H and O–H groups in total. The quantitative estimate of drug-likeness (QED) is 0.455. The summed E-state index contributed by atoms with van der Waals surface area (Å²) >= 11 is 0. The van der Waals surface area contributed by atoms with Crippen molar-refractivity contribution in [3.63, 3.8) is 0 Å². The number of nitrogens with zero attached hydrogens (tertiary/aromatic N) is 1. The van der Waals surface area contributed by atoms with Gasteiger partial charge in [-0.15, -0.1) is 0 Å². The van der Waals surface area contributed by atoms with Crippen molar-refractivity contribution in [2.75, 3.05) is 0 Å². The molecule has 0 heterocycles. The van der Waals surface area contributed by atoms with E-state index in [-0.39, 0.29) is 0 Å². The Balaban J connectivity index is 3.37. The average Bonchev–Trinajstić information content (AvgIpc) is 2.29. The Morgan fingerprint density at radius 2 is 1.70 bits per heavy atom. The summed E-state index contributed by atoms with van der Waals surface area (Å²) in [5, 5.41) is 0. The molecule has 0 fully saturated rings. The van der Waals surface area contributed by atoms with E-state index >= 15 is 0 Å². The molecule has 0 saturated heterocycles. The Morgan fingerprint density at radius 3 is 2.20 bits per heavy atom. The van der Waals surface area contributed by atoms with Crippen LogP contribution >= 0.6 is 0 Å². The second-order valence-electron chi connectivity index (χ2n) is 3.02. The van der Waals surface area contributed by atoms with Crippen molar-refractivity contribution in [2.24, 2.45) is 4.40 Å². The number of sulfonamides is 1. The second-order valence-corrected chi connectivity index (χ2v) is 4.60. The van der Waals surface area contributed by atoms with E-state index in [0.717, 1.165) is 6.07 Å². The van der Waals surface area contributed by atoms with Gasteiger partial charge in [0.05, 0.1) is 0 Å². The minimum atomic E-state index is -4.73. The largest absolute Gasteiger partial charge is 0.435 e. The van der Waals surface area contributed by atoms with Gasteiger partial charge in [0.2, 0.25) is 0 Å². The van der Waals surface area contributed by atoms with E-state index < -0.39 is 39.6 Å². The van der Waals surface area contributed by atoms with Crippen LogP contribution in [-0.4, -0.2) is 27.7 Å². The Morgan fingerprint density at radius 1 is 1.10 bits per heavy atom. The van der Waals surface area contributed by atoms with E-state index in [4.69, 9.17) is 0 Å². The lowest BCUT2D eigenvalue weighted by molar-refractivity contribution is -0.0546. The van der Waals surface area contributed by atoms with Gasteiger partial charge < -0.3 is 9.47 Å². The van der Waals surface area contributed by atoms with Crippen molar-refractivity contribution in [1.29, 1.82) is 0 Å². The zero-order chi connectivity index (χ0) is 15.3. The fourth-order valence-corrected chi connectivity index (χ4v) is 1.99. The van der Waals surface area contributed by atoms with Crippen molar-refractivity contribution < 1.29 is 40.2 Å². The molecule has 1 rings (SSSR count). The molecule has 1 aromatic carbocycles. The number of halogens is 4. The molecule has 0 unspecified atom stereocenters. The van der Waals surface area contributed by atoms with E-state index in [9.17, 15) is 30.8 Å². The van der Waals surface area contributed by atoms with Gasteiger partial charge in [0.1, 0.15) is 16.4 Å². The van der Waals surface area contributed by atoms with Crippen LogP contribution < -0.4 is 9.47 Å². The Bertz CT molecular complexity index is 627. The number of ether oxygens (including phenoxy) is 2. The van der Waals surface area contributed by atoms with Gasteiger partial charge in [0.25, 0.3) is 16.1 Å². The predicted molar refractivity (Wildman–Crippen MR) is 55.0 cm³/mol. The summed E-state index contributed by atoms with van der Waals surface area (Å²) < 4.78 is 81.4. The highest BCUT2D eigenvalue weighted by atomic mass is 32.2. The Labute approximate surface area is 109 Å². The van der Waals surface area contributed by atoms with Crippen LogP contribution in [0.25, 0.3) is 0 Å². The number of isocyanates is 1. The summed E-state index contributed by atoms with van der Waals surface area (Å²) in [7, 11) is -4.73. The second kappa shape index (κ2) is 6.35. The third kappa shape index (κ3) is 4.21. The predicted octanol–water partition coefficient (Wildman–Crippen LogP) is 1.91. The molecule has 0 atom stereocenters. The molecule has 0 aromatic heterocycles. The monoisotopic (exact) mass is 315 g/mol. The first-order valence-corrected chi connectivity index (χ1v) is 6.08. The highest BCUT2D eigenvalue weighted by molar-refractivity contribution is 7.90. The Hall–Kier alpha value is -2.13. The molecule has 0 aliphatic carbocycles. The number of benzene rings is 1. The van der Waals surface area contributed by atoms with Gasteiger partial charge in [-0.2, -0.15) is 26.0 Å². The van der Waals surface area contributed by atoms with Crippen molar-refractivity contribution in [3.8, 4) is 11.5 Å². The lowest BCUT2D eigenvalue weighted by Gasteiger charge is -2.11. The molecule has 20 heavy (non-hydrogen) atoms. The molecule has 6 nitrogen and oxygen atoms in total. The van der Waals surface area contributed by atoms with E-state index in [2.05, 4.69) is 13.9 Å². The standard InChI is InChI=1S/C9H5F4NO5S/c10-8(11)18-5-1-2-6(19-9(12)13)7(3-5)20(16,17)14-4-15/h1-3,8-9H. The maximum Gasteiger partial charge on any atom is 0.387 e. The average molecular weight is 315 g/mol. The zero-order valence-electron chi connectivity index (χ0n) is 9.30. The maximum atomic E-state index is 12.1. The zero-order valence-corrected chi connectivity index (χ0v) is 10.1. The molecule has 110 valence electrons. The molecule has 0 radical (unpaired) electrons. The lowest BCUT2D eigenvalue weighted by atomic mass is 10.3. The van der Waals surface area contributed by atoms with Gasteiger partial charge >= 0.3 is 13.2 Å². The van der Waals surface area contributed by atoms with E-state index in [1.54, 1.807) is 0 Å². The van der Waals surface area contributed by atoms with Crippen LogP contribution in [0.2, 0.25) is 0 Å². The van der Waals surface area contributed by atoms with Crippen molar-refractivity contribution in [3.05, 3.63) is 18.2 Å². The third-order valence-electron chi connectivity index (χ3n) is 1.79. The normalized spacial score (nSPS) is 11.3. The SMILES string of the molecule is O=C=NS(=O)(=O)c1cc(OC(F)F)ccc1OC(F)F. The molecule has 1 aromatic rings. The lowest BCUT2D eigenvalue weighted by Crippen LogP contribution is -2.08. The summed E-state index contributed by atoms with van der Waals surface area (Å²) in [6, 6.07) is 1.92. The summed E-state index contributed by atoms with van der Waals surface area (Å²) in [6.07, 6.45) is 0.702. The van der Waals surface area contributed by atoms with Crippen molar-refractivity contribution in [1.82, 2.24) is 0 Å². The molecular formula is C9H5F4NO5S. The summed E-state index contributed by atoms with van der Waals surface area (Å²) in [4.78, 5) is 8.95. The van der Waals surface area contributed by atoms with E-state index in [1.165, 1.54) is 0 Å². The van der Waals surface area contributed by atoms with Gasteiger partial charge in [-0.3, -0.25) is 0 Å². The van der Waals surface area contributed by atoms with Gasteiger partial charge in [0, 0.05) is 6.07 Å². The number of rotatable bonds is 6. The first-order valence-electron chi connectivity index (χ1n) is 4.64. The molecule has 0 saturated carbocycles. The first-order chi connectivity index (χ1) is 9.26. The molecule has 0 aliphatic rings. The van der Waals surface area contributed by atoms with E-state index in [0.29, 0.717) is 18.2 Å². The van der Waals surface area contributed by atoms with Gasteiger partial charge in [-0.05, 0) is 12.1 Å². The summed E-state index contributed by atoms with van der Waals surface area (Å²) in [6.45, 7) is -6.63. The van der Waals surface area contributed by atoms with Crippen LogP contribution in [0.15, 0.2) is 27.5 Å². The topological polar surface area (TPSA) is 82.0 Å². The van der Waals surface area contributed by atoms with Crippen LogP contribution in [-0.2, 0) is 14.8 Å². The first kappa shape index (κ1) is 15.9. The third-order valence-corrected chi connectivity index (χ3v) is 2.98. The van der Waals surface area contributed by atoms with Crippen LogP contribution in [0.4, 0.5) is 17.6 Å². The minimum absolute atomic E-state index is 0.472. The molecule has 0 amide bonds. The van der Waals surface area contributed by atoms with Crippen LogP contribution in [0.3, 0.4) is 0 Å². The summed E-state index contributed by atoms with van der Waals surface area (Å²) in [5.74, 6) is -1.51. The Kier molecular flexibility index (Phi) is 5.06. The van der Waals surface area contributed by atoms with Gasteiger partial charge in [-0.1, -0.05) is 4.40 Å². The van der Waals surface area contributed by atoms with Gasteiger partial charge in [-0.25, -0.2) is 4.79 Å². The van der Waals surface area contributed by atoms with Crippen molar-refractivity contribution in [2.45, 2.75) is 18.1 Å². The fourth-order valence-electron chi connectivity index (χ4n) is 1.16. The number of hydrogen-bond acceptors (Lipinski definition) is 5. The van der Waals surface area contributed by atoms with Gasteiger partial charge in [0.15, 0.2) is 0 Å².